The Balaban J connectivity index is 1.48. The third-order valence-corrected chi connectivity index (χ3v) is 5.03. The quantitative estimate of drug-likeness (QED) is 0.350. The second-order valence-electron chi connectivity index (χ2n) is 8.51. The molecule has 1 aromatic carbocycles. The number of carbonyl (C=O) groups is 3. The molecular formula is C22H23NO7. The summed E-state index contributed by atoms with van der Waals surface area (Å²) < 4.78 is 21.3. The molecule has 0 saturated carbocycles. The van der Waals surface area contributed by atoms with Gasteiger partial charge >= 0.3 is 18.0 Å². The molecule has 1 aliphatic carbocycles. The summed E-state index contributed by atoms with van der Waals surface area (Å²) in [5.41, 5.74) is 2.69. The molecular weight excluding hydrogens is 390 g/mol. The van der Waals surface area contributed by atoms with Crippen LogP contribution in [0.1, 0.15) is 44.9 Å². The van der Waals surface area contributed by atoms with Crippen molar-refractivity contribution in [1.82, 2.24) is 0 Å². The van der Waals surface area contributed by atoms with E-state index in [1.807, 2.05) is 6.07 Å². The summed E-state index contributed by atoms with van der Waals surface area (Å²) in [6.07, 6.45) is 1.63. The van der Waals surface area contributed by atoms with Crippen molar-refractivity contribution in [2.45, 2.75) is 52.1 Å². The second kappa shape index (κ2) is 7.19. The van der Waals surface area contributed by atoms with Gasteiger partial charge in [0.1, 0.15) is 11.7 Å². The van der Waals surface area contributed by atoms with E-state index < -0.39 is 36.0 Å². The van der Waals surface area contributed by atoms with E-state index >= 15 is 0 Å². The van der Waals surface area contributed by atoms with E-state index in [1.54, 1.807) is 45.9 Å². The number of anilines is 1. The fraction of sp³-hybridized carbons (Fsp3) is 0.409. The molecule has 158 valence electrons. The Morgan fingerprint density at radius 3 is 2.63 bits per heavy atom. The number of fused-ring (bicyclic) bond motifs is 3. The Morgan fingerprint density at radius 1 is 1.20 bits per heavy atom. The monoisotopic (exact) mass is 413 g/mol. The first-order chi connectivity index (χ1) is 14.1. The van der Waals surface area contributed by atoms with Crippen LogP contribution >= 0.6 is 0 Å². The Kier molecular flexibility index (Phi) is 4.80. The number of ether oxygens (including phenoxy) is 4. The Hall–Kier alpha value is -3.29. The van der Waals surface area contributed by atoms with Gasteiger partial charge in [-0.3, -0.25) is 5.32 Å². The third kappa shape index (κ3) is 3.90. The van der Waals surface area contributed by atoms with Crippen molar-refractivity contribution in [3.05, 3.63) is 52.8 Å². The number of cyclic esters (lactones) is 1. The molecule has 8 nitrogen and oxygen atoms in total. The molecule has 8 heteroatoms. The lowest BCUT2D eigenvalue weighted by Crippen LogP contribution is -2.27. The maximum Gasteiger partial charge on any atom is 0.412 e. The first-order valence-electron chi connectivity index (χ1n) is 9.69. The van der Waals surface area contributed by atoms with Gasteiger partial charge in [-0.25, -0.2) is 14.4 Å². The average Bonchev–Trinajstić information content (AvgIpc) is 3.23. The number of rotatable bonds is 3. The molecule has 0 unspecified atom stereocenters. The summed E-state index contributed by atoms with van der Waals surface area (Å²) in [6, 6.07) is 5.49. The smallest absolute Gasteiger partial charge is 0.412 e. The molecule has 4 rings (SSSR count). The fourth-order valence-electron chi connectivity index (χ4n) is 3.71. The van der Waals surface area contributed by atoms with Gasteiger partial charge in [0.2, 0.25) is 0 Å². The first-order valence-corrected chi connectivity index (χ1v) is 9.69. The lowest BCUT2D eigenvalue weighted by Gasteiger charge is -2.20. The van der Waals surface area contributed by atoms with E-state index in [0.717, 1.165) is 11.1 Å². The zero-order valence-electron chi connectivity index (χ0n) is 17.2. The van der Waals surface area contributed by atoms with Crippen molar-refractivity contribution in [1.29, 1.82) is 0 Å². The highest BCUT2D eigenvalue weighted by Crippen LogP contribution is 2.48. The maximum atomic E-state index is 12.4. The van der Waals surface area contributed by atoms with Crippen LogP contribution < -0.4 is 5.32 Å². The van der Waals surface area contributed by atoms with Crippen molar-refractivity contribution < 1.29 is 33.3 Å². The third-order valence-electron chi connectivity index (χ3n) is 5.03. The molecule has 1 N–H and O–H groups in total. The number of esters is 2. The fourth-order valence-corrected chi connectivity index (χ4v) is 3.71. The van der Waals surface area contributed by atoms with E-state index in [4.69, 9.17) is 18.9 Å². The van der Waals surface area contributed by atoms with E-state index in [2.05, 4.69) is 5.32 Å². The summed E-state index contributed by atoms with van der Waals surface area (Å²) in [6.45, 7) is 7.00. The van der Waals surface area contributed by atoms with Gasteiger partial charge in [-0.15, -0.1) is 0 Å². The van der Waals surface area contributed by atoms with Crippen LogP contribution in [-0.2, 0) is 35.0 Å². The minimum Gasteiger partial charge on any atom is -0.458 e. The van der Waals surface area contributed by atoms with Crippen LogP contribution in [0.25, 0.3) is 0 Å². The number of hydrogen-bond acceptors (Lipinski definition) is 7. The lowest BCUT2D eigenvalue weighted by molar-refractivity contribution is -0.152. The molecule has 0 spiro atoms. The molecule has 3 atom stereocenters. The van der Waals surface area contributed by atoms with E-state index in [1.165, 1.54) is 6.26 Å². The molecule has 2 aliphatic heterocycles. The number of benzene rings is 1. The summed E-state index contributed by atoms with van der Waals surface area (Å²) in [4.78, 5) is 35.8. The van der Waals surface area contributed by atoms with Gasteiger partial charge in [0.25, 0.3) is 6.29 Å². The zero-order valence-corrected chi connectivity index (χ0v) is 17.2. The standard InChI is InChI=1S/C22H23NO7/c1-11-7-17(28-19(11)24)27-10-16-15-8-12-5-6-13(23-21(26)30-22(2,3)4)9-14(12)18(15)29-20(16)25/h5-7,9-10,15,17-18H,8H2,1-4H3,(H,23,26)/b16-10+/t15-,17-,18-/m1/s1. The van der Waals surface area contributed by atoms with Gasteiger partial charge in [0, 0.05) is 23.3 Å². The van der Waals surface area contributed by atoms with Crippen molar-refractivity contribution in [2.24, 2.45) is 5.92 Å². The van der Waals surface area contributed by atoms with Crippen molar-refractivity contribution in [3.8, 4) is 0 Å². The van der Waals surface area contributed by atoms with Crippen LogP contribution in [0.15, 0.2) is 41.7 Å². The Morgan fingerprint density at radius 2 is 1.97 bits per heavy atom. The number of carbonyl (C=O) groups excluding carboxylic acids is 3. The summed E-state index contributed by atoms with van der Waals surface area (Å²) in [5.74, 6) is -1.11. The molecule has 0 bridgehead atoms. The Labute approximate surface area is 173 Å². The molecule has 1 aromatic rings. The largest absolute Gasteiger partial charge is 0.458 e. The molecule has 1 amide bonds. The maximum absolute atomic E-state index is 12.4. The van der Waals surface area contributed by atoms with Gasteiger partial charge in [0.15, 0.2) is 0 Å². The van der Waals surface area contributed by atoms with Gasteiger partial charge < -0.3 is 18.9 Å². The predicted molar refractivity (Wildman–Crippen MR) is 105 cm³/mol. The Bertz CT molecular complexity index is 986. The first kappa shape index (κ1) is 20.0. The summed E-state index contributed by atoms with van der Waals surface area (Å²) in [5, 5.41) is 2.71. The second-order valence-corrected chi connectivity index (χ2v) is 8.51. The van der Waals surface area contributed by atoms with Crippen LogP contribution in [0.3, 0.4) is 0 Å². The van der Waals surface area contributed by atoms with Crippen molar-refractivity contribution in [3.63, 3.8) is 0 Å². The van der Waals surface area contributed by atoms with Crippen LogP contribution in [0.5, 0.6) is 0 Å². The molecule has 2 heterocycles. The topological polar surface area (TPSA) is 100 Å². The van der Waals surface area contributed by atoms with E-state index in [-0.39, 0.29) is 5.92 Å². The van der Waals surface area contributed by atoms with Gasteiger partial charge in [-0.05, 0) is 57.4 Å². The van der Waals surface area contributed by atoms with Crippen LogP contribution in [0.4, 0.5) is 10.5 Å². The van der Waals surface area contributed by atoms with Gasteiger partial charge in [0.05, 0.1) is 11.8 Å². The van der Waals surface area contributed by atoms with Crippen LogP contribution in [-0.4, -0.2) is 29.9 Å². The summed E-state index contributed by atoms with van der Waals surface area (Å²) in [7, 11) is 0. The van der Waals surface area contributed by atoms with Gasteiger partial charge in [-0.2, -0.15) is 0 Å². The highest BCUT2D eigenvalue weighted by Gasteiger charge is 2.46. The number of nitrogens with one attached hydrogen (secondary N) is 1. The van der Waals surface area contributed by atoms with E-state index in [9.17, 15) is 14.4 Å². The minimum atomic E-state index is -0.842. The van der Waals surface area contributed by atoms with E-state index in [0.29, 0.717) is 23.3 Å². The number of amides is 1. The number of hydrogen-bond donors (Lipinski definition) is 1. The average molecular weight is 413 g/mol. The molecule has 0 radical (unpaired) electrons. The molecule has 0 aromatic heterocycles. The lowest BCUT2D eigenvalue weighted by atomic mass is 9.98. The summed E-state index contributed by atoms with van der Waals surface area (Å²) >= 11 is 0. The zero-order chi connectivity index (χ0) is 21.6. The SMILES string of the molecule is CC1=C[C@H](O/C=C2/C(=O)O[C@@H]3c4cc(NC(=O)OC(C)(C)C)ccc4C[C@H]23)OC1=O. The molecule has 3 aliphatic rings. The minimum absolute atomic E-state index is 0.202. The van der Waals surface area contributed by atoms with Crippen molar-refractivity contribution >= 4 is 23.7 Å². The molecule has 1 fully saturated rings. The highest BCUT2D eigenvalue weighted by atomic mass is 16.7. The van der Waals surface area contributed by atoms with Crippen LogP contribution in [0, 0.1) is 5.92 Å². The van der Waals surface area contributed by atoms with Crippen LogP contribution in [0.2, 0.25) is 0 Å². The molecule has 30 heavy (non-hydrogen) atoms. The highest BCUT2D eigenvalue weighted by molar-refractivity contribution is 5.92. The van der Waals surface area contributed by atoms with Crippen molar-refractivity contribution in [2.75, 3.05) is 5.32 Å². The molecule has 1 saturated heterocycles. The predicted octanol–water partition coefficient (Wildman–Crippen LogP) is 3.53. The normalized spacial score (nSPS) is 25.9. The van der Waals surface area contributed by atoms with Gasteiger partial charge in [-0.1, -0.05) is 6.07 Å².